The largest absolute Gasteiger partial charge is 0.467 e. The lowest BCUT2D eigenvalue weighted by atomic mass is 9.99. The zero-order valence-corrected chi connectivity index (χ0v) is 12.8. The Bertz CT molecular complexity index is 335. The zero-order valence-electron chi connectivity index (χ0n) is 12.8. The maximum Gasteiger partial charge on any atom is 0.328 e. The van der Waals surface area contributed by atoms with Gasteiger partial charge >= 0.3 is 5.97 Å². The number of ether oxygens (including phenoxy) is 2. The van der Waals surface area contributed by atoms with E-state index in [9.17, 15) is 9.59 Å². The number of rotatable bonds is 6. The van der Waals surface area contributed by atoms with Crippen LogP contribution in [0, 0.1) is 5.92 Å². The first kappa shape index (κ1) is 16.9. The van der Waals surface area contributed by atoms with Crippen LogP contribution in [0.25, 0.3) is 0 Å². The van der Waals surface area contributed by atoms with E-state index in [4.69, 9.17) is 9.47 Å². The van der Waals surface area contributed by atoms with Crippen LogP contribution in [-0.4, -0.2) is 62.3 Å². The van der Waals surface area contributed by atoms with Crippen LogP contribution in [0.5, 0.6) is 0 Å². The Hall–Kier alpha value is -1.14. The van der Waals surface area contributed by atoms with Crippen molar-refractivity contribution in [3.63, 3.8) is 0 Å². The minimum absolute atomic E-state index is 0.0509. The molecule has 0 radical (unpaired) electrons. The number of nitrogens with zero attached hydrogens (tertiary/aromatic N) is 1. The van der Waals surface area contributed by atoms with Crippen molar-refractivity contribution in [1.82, 2.24) is 10.2 Å². The fraction of sp³-hybridized carbons (Fsp3) is 0.857. The van der Waals surface area contributed by atoms with Gasteiger partial charge in [0.15, 0.2) is 0 Å². The molecule has 6 nitrogen and oxygen atoms in total. The van der Waals surface area contributed by atoms with E-state index in [1.165, 1.54) is 7.11 Å². The van der Waals surface area contributed by atoms with Gasteiger partial charge in [-0.3, -0.25) is 9.69 Å². The van der Waals surface area contributed by atoms with Gasteiger partial charge in [0.05, 0.1) is 26.4 Å². The number of methoxy groups -OCH3 is 1. The van der Waals surface area contributed by atoms with Crippen LogP contribution in [0.4, 0.5) is 0 Å². The second kappa shape index (κ2) is 8.21. The molecule has 1 aliphatic heterocycles. The molecule has 1 aliphatic rings. The Morgan fingerprint density at radius 2 is 2.20 bits per heavy atom. The van der Waals surface area contributed by atoms with Crippen LogP contribution >= 0.6 is 0 Å². The van der Waals surface area contributed by atoms with E-state index >= 15 is 0 Å². The highest BCUT2D eigenvalue weighted by Gasteiger charge is 2.27. The number of hydrogen-bond donors (Lipinski definition) is 1. The van der Waals surface area contributed by atoms with E-state index in [1.807, 2.05) is 25.7 Å². The fourth-order valence-electron chi connectivity index (χ4n) is 2.25. The smallest absolute Gasteiger partial charge is 0.328 e. The molecule has 1 amide bonds. The molecule has 3 atom stereocenters. The van der Waals surface area contributed by atoms with Crippen LogP contribution < -0.4 is 5.32 Å². The SMILES string of the molecule is CCC(C)C(NC(=O)CN1CCOC(C)C1)C(=O)OC. The van der Waals surface area contributed by atoms with Crippen LogP contribution in [0.15, 0.2) is 0 Å². The molecule has 3 unspecified atom stereocenters. The second-order valence-electron chi connectivity index (χ2n) is 5.37. The summed E-state index contributed by atoms with van der Waals surface area (Å²) < 4.78 is 10.2. The number of carbonyl (C=O) groups excluding carboxylic acids is 2. The topological polar surface area (TPSA) is 67.9 Å². The van der Waals surface area contributed by atoms with Crippen LogP contribution in [0.2, 0.25) is 0 Å². The molecule has 0 aromatic heterocycles. The minimum Gasteiger partial charge on any atom is -0.467 e. The molecular weight excluding hydrogens is 260 g/mol. The van der Waals surface area contributed by atoms with Crippen molar-refractivity contribution in [3.05, 3.63) is 0 Å². The number of carbonyl (C=O) groups is 2. The summed E-state index contributed by atoms with van der Waals surface area (Å²) in [4.78, 5) is 25.8. The average molecular weight is 286 g/mol. The van der Waals surface area contributed by atoms with Gasteiger partial charge in [0.25, 0.3) is 0 Å². The molecule has 0 saturated carbocycles. The molecule has 0 aromatic carbocycles. The maximum absolute atomic E-state index is 12.1. The molecule has 1 N–H and O–H groups in total. The van der Waals surface area contributed by atoms with Gasteiger partial charge in [-0.05, 0) is 12.8 Å². The Kier molecular flexibility index (Phi) is 6.95. The van der Waals surface area contributed by atoms with Crippen molar-refractivity contribution >= 4 is 11.9 Å². The number of nitrogens with one attached hydrogen (secondary N) is 1. The highest BCUT2D eigenvalue weighted by molar-refractivity contribution is 5.85. The molecule has 1 fully saturated rings. The van der Waals surface area contributed by atoms with E-state index in [-0.39, 0.29) is 30.4 Å². The Labute approximate surface area is 120 Å². The lowest BCUT2D eigenvalue weighted by Crippen LogP contribution is -2.51. The summed E-state index contributed by atoms with van der Waals surface area (Å²) in [6.45, 7) is 8.30. The Balaban J connectivity index is 2.50. The van der Waals surface area contributed by atoms with Gasteiger partial charge in [-0.2, -0.15) is 0 Å². The summed E-state index contributed by atoms with van der Waals surface area (Å²) in [7, 11) is 1.34. The molecule has 1 heterocycles. The van der Waals surface area contributed by atoms with Gasteiger partial charge in [-0.15, -0.1) is 0 Å². The molecule has 20 heavy (non-hydrogen) atoms. The molecule has 116 valence electrons. The first-order valence-electron chi connectivity index (χ1n) is 7.19. The van der Waals surface area contributed by atoms with Crippen LogP contribution in [0.3, 0.4) is 0 Å². The summed E-state index contributed by atoms with van der Waals surface area (Å²) in [5, 5.41) is 2.78. The Morgan fingerprint density at radius 3 is 2.75 bits per heavy atom. The zero-order chi connectivity index (χ0) is 15.1. The van der Waals surface area contributed by atoms with Gasteiger partial charge in [0, 0.05) is 13.1 Å². The molecule has 1 saturated heterocycles. The molecule has 1 rings (SSSR count). The predicted octanol–water partition coefficient (Wildman–Crippen LogP) is 0.411. The summed E-state index contributed by atoms with van der Waals surface area (Å²) in [6.07, 6.45) is 0.941. The molecule has 0 spiro atoms. The lowest BCUT2D eigenvalue weighted by Gasteiger charge is -2.31. The van der Waals surface area contributed by atoms with E-state index in [0.29, 0.717) is 6.61 Å². The van der Waals surface area contributed by atoms with Crippen LogP contribution in [0.1, 0.15) is 27.2 Å². The summed E-state index contributed by atoms with van der Waals surface area (Å²) in [5.74, 6) is -0.479. The minimum atomic E-state index is -0.573. The summed E-state index contributed by atoms with van der Waals surface area (Å²) >= 11 is 0. The van der Waals surface area contributed by atoms with Gasteiger partial charge in [-0.1, -0.05) is 20.3 Å². The first-order chi connectivity index (χ1) is 9.47. The molecular formula is C14H26N2O4. The molecule has 0 aromatic rings. The lowest BCUT2D eigenvalue weighted by molar-refractivity contribution is -0.147. The fourth-order valence-corrected chi connectivity index (χ4v) is 2.25. The number of hydrogen-bond acceptors (Lipinski definition) is 5. The first-order valence-corrected chi connectivity index (χ1v) is 7.19. The second-order valence-corrected chi connectivity index (χ2v) is 5.37. The standard InChI is InChI=1S/C14H26N2O4/c1-5-10(2)13(14(18)19-4)15-12(17)9-16-6-7-20-11(3)8-16/h10-11,13H,5-9H2,1-4H3,(H,15,17). The quantitative estimate of drug-likeness (QED) is 0.716. The third-order valence-corrected chi connectivity index (χ3v) is 3.68. The summed E-state index contributed by atoms with van der Waals surface area (Å²) in [5.41, 5.74) is 0. The van der Waals surface area contributed by atoms with Crippen molar-refractivity contribution in [1.29, 1.82) is 0 Å². The maximum atomic E-state index is 12.1. The van der Waals surface area contributed by atoms with Crippen molar-refractivity contribution in [3.8, 4) is 0 Å². The van der Waals surface area contributed by atoms with E-state index < -0.39 is 6.04 Å². The van der Waals surface area contributed by atoms with E-state index in [2.05, 4.69) is 5.32 Å². The van der Waals surface area contributed by atoms with E-state index in [0.717, 1.165) is 19.5 Å². The molecule has 0 aliphatic carbocycles. The highest BCUT2D eigenvalue weighted by Crippen LogP contribution is 2.10. The van der Waals surface area contributed by atoms with E-state index in [1.54, 1.807) is 0 Å². The number of morpholine rings is 1. The summed E-state index contributed by atoms with van der Waals surface area (Å²) in [6, 6.07) is -0.573. The van der Waals surface area contributed by atoms with Gasteiger partial charge in [0.2, 0.25) is 5.91 Å². The number of amides is 1. The monoisotopic (exact) mass is 286 g/mol. The number of esters is 1. The third kappa shape index (κ3) is 5.09. The molecule has 6 heteroatoms. The third-order valence-electron chi connectivity index (χ3n) is 3.68. The van der Waals surface area contributed by atoms with Crippen molar-refractivity contribution in [2.75, 3.05) is 33.4 Å². The predicted molar refractivity (Wildman–Crippen MR) is 75.3 cm³/mol. The molecule has 0 bridgehead atoms. The Morgan fingerprint density at radius 1 is 1.50 bits per heavy atom. The van der Waals surface area contributed by atoms with Gasteiger partial charge in [-0.25, -0.2) is 4.79 Å². The highest BCUT2D eigenvalue weighted by atomic mass is 16.5. The van der Waals surface area contributed by atoms with Crippen molar-refractivity contribution in [2.24, 2.45) is 5.92 Å². The normalized spacial score (nSPS) is 22.9. The van der Waals surface area contributed by atoms with Gasteiger partial charge < -0.3 is 14.8 Å². The van der Waals surface area contributed by atoms with Gasteiger partial charge in [0.1, 0.15) is 6.04 Å². The van der Waals surface area contributed by atoms with Crippen LogP contribution in [-0.2, 0) is 19.1 Å². The van der Waals surface area contributed by atoms with Crippen molar-refractivity contribution in [2.45, 2.75) is 39.3 Å². The van der Waals surface area contributed by atoms with Crippen molar-refractivity contribution < 1.29 is 19.1 Å². The average Bonchev–Trinajstić information content (AvgIpc) is 2.43.